The van der Waals surface area contributed by atoms with E-state index in [1.54, 1.807) is 12.3 Å². The van der Waals surface area contributed by atoms with Gasteiger partial charge in [-0.2, -0.15) is 0 Å². The summed E-state index contributed by atoms with van der Waals surface area (Å²) >= 11 is 0. The minimum Gasteiger partial charge on any atom is -0.756 e. The lowest BCUT2D eigenvalue weighted by Crippen LogP contribution is -2.37. The summed E-state index contributed by atoms with van der Waals surface area (Å²) < 4.78 is 34.2. The van der Waals surface area contributed by atoms with Gasteiger partial charge in [0, 0.05) is 6.42 Å². The van der Waals surface area contributed by atoms with Crippen LogP contribution in [0.1, 0.15) is 142 Å². The van der Waals surface area contributed by atoms with E-state index in [4.69, 9.17) is 18.5 Å². The second-order valence-corrected chi connectivity index (χ2v) is 17.0. The molecule has 0 heterocycles. The van der Waals surface area contributed by atoms with Crippen molar-refractivity contribution < 1.29 is 42.4 Å². The Morgan fingerprint density at radius 1 is 0.672 bits per heavy atom. The third-order valence-electron chi connectivity index (χ3n) is 8.78. The van der Waals surface area contributed by atoms with Gasteiger partial charge in [0.05, 0.1) is 40.1 Å². The lowest BCUT2D eigenvalue weighted by molar-refractivity contribution is -0.870. The lowest BCUT2D eigenvalue weighted by atomic mass is 10.1. The van der Waals surface area contributed by atoms with E-state index < -0.39 is 26.0 Å². The molecule has 0 bridgehead atoms. The first-order valence-corrected chi connectivity index (χ1v) is 23.6. The SMILES string of the molecule is CC/C=C\C/C=C\CC(O)/C=C/C=C\C/C=C\C/C=C\CCC(=O)O[C@H](CO/C=C/CCCCCCCC/C=C\CCCCCC)COP(=O)([O-])OCC[N+](C)(C)C. The summed E-state index contributed by atoms with van der Waals surface area (Å²) in [7, 11) is 1.23. The van der Waals surface area contributed by atoms with Gasteiger partial charge in [-0.25, -0.2) is 0 Å². The molecule has 0 aromatic carbocycles. The fraction of sp³-hybridized carbons (Fsp3) is 0.646. The molecule has 0 spiro atoms. The van der Waals surface area contributed by atoms with E-state index in [0.29, 0.717) is 23.9 Å². The van der Waals surface area contributed by atoms with Crippen LogP contribution in [0.15, 0.2) is 97.4 Å². The van der Waals surface area contributed by atoms with Crippen molar-refractivity contribution in [2.45, 2.75) is 154 Å². The highest BCUT2D eigenvalue weighted by Crippen LogP contribution is 2.38. The first-order chi connectivity index (χ1) is 28.0. The Labute approximate surface area is 354 Å². The van der Waals surface area contributed by atoms with Gasteiger partial charge in [-0.3, -0.25) is 9.36 Å². The van der Waals surface area contributed by atoms with Gasteiger partial charge in [-0.15, -0.1) is 0 Å². The summed E-state index contributed by atoms with van der Waals surface area (Å²) in [4.78, 5) is 25.0. The zero-order chi connectivity index (χ0) is 42.8. The standard InChI is InChI=1S/C48H82NO8P/c1-6-8-10-12-14-15-16-17-18-19-20-23-26-29-33-37-42-54-44-47(45-56-58(52,53)55-43-41-49(3,4)5)57-48(51)40-36-32-28-25-22-21-24-27-31-35-39-46(50)38-34-30-13-11-9-7-2/h9,11,15-16,21-22,27-28,30-32,34-35,37,39,42,46-47,50H,6-8,10,12-14,17-20,23-26,29,33,36,38,40-41,43-45H2,1-5H3/b11-9-,16-15-,22-21-,31-27-,32-28-,34-30-,39-35+,42-37+/t46?,47-/m1/s1. The maximum Gasteiger partial charge on any atom is 0.306 e. The van der Waals surface area contributed by atoms with Crippen LogP contribution in [-0.4, -0.2) is 75.3 Å². The second kappa shape index (κ2) is 39.7. The van der Waals surface area contributed by atoms with Crippen LogP contribution in [0.5, 0.6) is 0 Å². The molecule has 9 nitrogen and oxygen atoms in total. The highest BCUT2D eigenvalue weighted by atomic mass is 31.2. The number of ether oxygens (including phenoxy) is 2. The van der Waals surface area contributed by atoms with Crippen molar-refractivity contribution in [2.24, 2.45) is 0 Å². The van der Waals surface area contributed by atoms with Gasteiger partial charge in [-0.05, 0) is 83.1 Å². The van der Waals surface area contributed by atoms with Crippen LogP contribution in [-0.2, 0) is 27.9 Å². The number of hydrogen-bond donors (Lipinski definition) is 1. The zero-order valence-corrected chi connectivity index (χ0v) is 38.0. The molecular formula is C48H82NO8P. The van der Waals surface area contributed by atoms with Gasteiger partial charge in [0.1, 0.15) is 19.8 Å². The van der Waals surface area contributed by atoms with Crippen LogP contribution in [0.25, 0.3) is 0 Å². The van der Waals surface area contributed by atoms with E-state index in [1.165, 1.54) is 70.6 Å². The second-order valence-electron chi connectivity index (χ2n) is 15.6. The largest absolute Gasteiger partial charge is 0.756 e. The molecule has 0 aliphatic carbocycles. The molecule has 2 unspecified atom stereocenters. The number of nitrogens with zero attached hydrogens (tertiary/aromatic N) is 1. The normalized spacial score (nSPS) is 15.2. The number of rotatable bonds is 39. The number of hydrogen-bond acceptors (Lipinski definition) is 8. The number of carbonyl (C=O) groups excluding carboxylic acids is 1. The van der Waals surface area contributed by atoms with Crippen molar-refractivity contribution in [3.05, 3.63) is 97.4 Å². The average molecular weight is 832 g/mol. The van der Waals surface area contributed by atoms with Gasteiger partial charge >= 0.3 is 5.97 Å². The smallest absolute Gasteiger partial charge is 0.306 e. The number of unbranched alkanes of at least 4 members (excludes halogenated alkanes) is 11. The minimum atomic E-state index is -4.58. The molecule has 0 aliphatic rings. The quantitative estimate of drug-likeness (QED) is 0.0124. The summed E-state index contributed by atoms with van der Waals surface area (Å²) in [5, 5.41) is 10.0. The highest BCUT2D eigenvalue weighted by molar-refractivity contribution is 7.45. The van der Waals surface area contributed by atoms with E-state index in [0.717, 1.165) is 38.5 Å². The molecule has 58 heavy (non-hydrogen) atoms. The van der Waals surface area contributed by atoms with Crippen LogP contribution in [0.2, 0.25) is 0 Å². The molecule has 1 N–H and O–H groups in total. The Kier molecular flexibility index (Phi) is 37.8. The van der Waals surface area contributed by atoms with Crippen molar-refractivity contribution in [3.8, 4) is 0 Å². The number of carbonyl (C=O) groups is 1. The van der Waals surface area contributed by atoms with Crippen LogP contribution in [0.3, 0.4) is 0 Å². The molecule has 332 valence electrons. The molecular weight excluding hydrogens is 750 g/mol. The molecule has 0 aromatic rings. The predicted octanol–water partition coefficient (Wildman–Crippen LogP) is 11.7. The summed E-state index contributed by atoms with van der Waals surface area (Å²) in [5.74, 6) is -0.463. The van der Waals surface area contributed by atoms with Crippen LogP contribution in [0.4, 0.5) is 0 Å². The van der Waals surface area contributed by atoms with Gasteiger partial charge in [-0.1, -0.05) is 144 Å². The lowest BCUT2D eigenvalue weighted by Gasteiger charge is -2.28. The third kappa shape index (κ3) is 42.8. The number of aliphatic hydroxyl groups excluding tert-OH is 1. The van der Waals surface area contributed by atoms with Gasteiger partial charge in [0.2, 0.25) is 0 Å². The van der Waals surface area contributed by atoms with E-state index in [-0.39, 0.29) is 26.2 Å². The Morgan fingerprint density at radius 3 is 1.90 bits per heavy atom. The molecule has 0 rings (SSSR count). The number of quaternary nitrogens is 1. The Morgan fingerprint density at radius 2 is 1.24 bits per heavy atom. The summed E-state index contributed by atoms with van der Waals surface area (Å²) in [5.41, 5.74) is 0. The fourth-order valence-electron chi connectivity index (χ4n) is 5.32. The number of esters is 1. The van der Waals surface area contributed by atoms with E-state index >= 15 is 0 Å². The molecule has 0 aliphatic heterocycles. The number of phosphoric ester groups is 1. The fourth-order valence-corrected chi connectivity index (χ4v) is 6.05. The van der Waals surface area contributed by atoms with Crippen LogP contribution < -0.4 is 4.89 Å². The first kappa shape index (κ1) is 55.2. The Hall–Kier alpha value is -2.78. The maximum absolute atomic E-state index is 12.6. The van der Waals surface area contributed by atoms with Crippen molar-refractivity contribution in [2.75, 3.05) is 47.5 Å². The number of aliphatic hydroxyl groups is 1. The van der Waals surface area contributed by atoms with E-state index in [9.17, 15) is 19.4 Å². The molecule has 0 saturated heterocycles. The van der Waals surface area contributed by atoms with Gasteiger partial charge in [0.25, 0.3) is 7.82 Å². The molecule has 0 amide bonds. The number of allylic oxidation sites excluding steroid dienone is 13. The minimum absolute atomic E-state index is 0.0126. The summed E-state index contributed by atoms with van der Waals surface area (Å²) in [6.45, 7) is 4.40. The number of phosphoric acid groups is 1. The maximum atomic E-state index is 12.6. The van der Waals surface area contributed by atoms with Gasteiger partial charge in [0.15, 0.2) is 6.10 Å². The molecule has 0 saturated carbocycles. The Bertz CT molecular complexity index is 1260. The molecule has 0 radical (unpaired) electrons. The average Bonchev–Trinajstić information content (AvgIpc) is 3.17. The van der Waals surface area contributed by atoms with Crippen LogP contribution in [0, 0.1) is 0 Å². The third-order valence-corrected chi connectivity index (χ3v) is 9.74. The van der Waals surface area contributed by atoms with Crippen LogP contribution >= 0.6 is 7.82 Å². The highest BCUT2D eigenvalue weighted by Gasteiger charge is 2.20. The zero-order valence-electron chi connectivity index (χ0n) is 37.1. The van der Waals surface area contributed by atoms with Crippen molar-refractivity contribution in [1.82, 2.24) is 0 Å². The molecule has 3 atom stereocenters. The summed E-state index contributed by atoms with van der Waals surface area (Å²) in [6, 6.07) is 0. The molecule has 10 heteroatoms. The molecule has 0 fully saturated rings. The van der Waals surface area contributed by atoms with Crippen molar-refractivity contribution >= 4 is 13.8 Å². The van der Waals surface area contributed by atoms with E-state index in [1.807, 2.05) is 63.7 Å². The van der Waals surface area contributed by atoms with Crippen molar-refractivity contribution in [3.63, 3.8) is 0 Å². The predicted molar refractivity (Wildman–Crippen MR) is 241 cm³/mol. The topological polar surface area (TPSA) is 114 Å². The number of likely N-dealkylation sites (N-methyl/N-ethyl adjacent to an activating group) is 1. The Balaban J connectivity index is 4.51. The monoisotopic (exact) mass is 832 g/mol. The first-order valence-electron chi connectivity index (χ1n) is 22.1. The summed E-state index contributed by atoms with van der Waals surface area (Å²) in [6.07, 6.45) is 51.3. The van der Waals surface area contributed by atoms with Gasteiger partial charge < -0.3 is 33.0 Å². The van der Waals surface area contributed by atoms with E-state index in [2.05, 4.69) is 56.4 Å². The van der Waals surface area contributed by atoms with Crippen molar-refractivity contribution in [1.29, 1.82) is 0 Å². The molecule has 0 aromatic heterocycles.